The van der Waals surface area contributed by atoms with E-state index >= 15 is 0 Å². The van der Waals surface area contributed by atoms with Crippen molar-refractivity contribution in [1.82, 2.24) is 4.90 Å². The van der Waals surface area contributed by atoms with Crippen LogP contribution in [0, 0.1) is 11.8 Å². The number of hydrogen-bond donors (Lipinski definition) is 0. The number of carbonyl (C=O) groups is 2. The highest BCUT2D eigenvalue weighted by Gasteiger charge is 2.44. The van der Waals surface area contributed by atoms with E-state index in [-0.39, 0.29) is 29.9 Å². The molecular weight excluding hydrogens is 246 g/mol. The fourth-order valence-electron chi connectivity index (χ4n) is 2.68. The zero-order valence-corrected chi connectivity index (χ0v) is 11.9. The third-order valence-electron chi connectivity index (χ3n) is 3.47. The lowest BCUT2D eigenvalue weighted by Crippen LogP contribution is -2.56. The van der Waals surface area contributed by atoms with Crippen molar-refractivity contribution >= 4 is 12.1 Å². The van der Waals surface area contributed by atoms with E-state index in [1.54, 1.807) is 4.90 Å². The standard InChI is InChI=1S/C14H21NO4/c1-14(2,3)19-13(17)15-8-9-5-6-11(15)10(7-9)12(16)18-4/h5-6,9-11H,7-8H2,1-4H3/t9-,10+,11+/m1/s1. The minimum atomic E-state index is -0.530. The summed E-state index contributed by atoms with van der Waals surface area (Å²) in [7, 11) is 1.38. The van der Waals surface area contributed by atoms with Gasteiger partial charge in [0, 0.05) is 6.54 Å². The third-order valence-corrected chi connectivity index (χ3v) is 3.47. The molecule has 1 saturated heterocycles. The molecule has 1 fully saturated rings. The van der Waals surface area contributed by atoms with Crippen LogP contribution < -0.4 is 0 Å². The Hall–Kier alpha value is -1.52. The van der Waals surface area contributed by atoms with E-state index in [4.69, 9.17) is 9.47 Å². The number of fused-ring (bicyclic) bond motifs is 2. The second-order valence-electron chi connectivity index (χ2n) is 6.13. The second-order valence-corrected chi connectivity index (χ2v) is 6.13. The number of carbonyl (C=O) groups excluding carboxylic acids is 2. The van der Waals surface area contributed by atoms with Crippen LogP contribution in [-0.2, 0) is 14.3 Å². The number of nitrogens with zero attached hydrogens (tertiary/aromatic N) is 1. The van der Waals surface area contributed by atoms with E-state index in [0.717, 1.165) is 6.42 Å². The fourth-order valence-corrected chi connectivity index (χ4v) is 2.68. The van der Waals surface area contributed by atoms with Gasteiger partial charge in [0.2, 0.25) is 0 Å². The molecule has 2 heterocycles. The minimum absolute atomic E-state index is 0.210. The first-order chi connectivity index (χ1) is 8.81. The van der Waals surface area contributed by atoms with Gasteiger partial charge < -0.3 is 14.4 Å². The summed E-state index contributed by atoms with van der Waals surface area (Å²) in [5.74, 6) is -0.324. The van der Waals surface area contributed by atoms with Gasteiger partial charge in [0.15, 0.2) is 0 Å². The zero-order valence-electron chi connectivity index (χ0n) is 11.9. The molecule has 2 bridgehead atoms. The van der Waals surface area contributed by atoms with E-state index in [1.165, 1.54) is 7.11 Å². The van der Waals surface area contributed by atoms with Gasteiger partial charge in [-0.1, -0.05) is 12.2 Å². The van der Waals surface area contributed by atoms with Gasteiger partial charge in [-0.25, -0.2) is 4.79 Å². The highest BCUT2D eigenvalue weighted by Crippen LogP contribution is 2.35. The lowest BCUT2D eigenvalue weighted by Gasteiger charge is -2.45. The number of esters is 1. The molecule has 0 aromatic rings. The average Bonchev–Trinajstić information content (AvgIpc) is 2.36. The minimum Gasteiger partial charge on any atom is -0.469 e. The largest absolute Gasteiger partial charge is 0.469 e. The van der Waals surface area contributed by atoms with Gasteiger partial charge in [0.1, 0.15) is 5.60 Å². The van der Waals surface area contributed by atoms with Crippen molar-refractivity contribution in [3.63, 3.8) is 0 Å². The van der Waals surface area contributed by atoms with Crippen LogP contribution in [0.1, 0.15) is 27.2 Å². The van der Waals surface area contributed by atoms with Crippen molar-refractivity contribution in [3.8, 4) is 0 Å². The summed E-state index contributed by atoms with van der Waals surface area (Å²) in [5.41, 5.74) is -0.530. The predicted molar refractivity (Wildman–Crippen MR) is 69.5 cm³/mol. The molecule has 2 aliphatic heterocycles. The van der Waals surface area contributed by atoms with Gasteiger partial charge in [-0.15, -0.1) is 0 Å². The lowest BCUT2D eigenvalue weighted by molar-refractivity contribution is -0.149. The molecule has 0 spiro atoms. The summed E-state index contributed by atoms with van der Waals surface area (Å²) < 4.78 is 10.2. The highest BCUT2D eigenvalue weighted by atomic mass is 16.6. The molecule has 0 radical (unpaired) electrons. The number of hydrogen-bond acceptors (Lipinski definition) is 4. The SMILES string of the molecule is COC(=O)[C@H]1C[C@H]2C=C[C@@H]1N(C(=O)OC(C)(C)C)C2. The number of rotatable bonds is 1. The molecule has 0 unspecified atom stereocenters. The monoisotopic (exact) mass is 267 g/mol. The molecular formula is C14H21NO4. The Kier molecular flexibility index (Phi) is 3.56. The van der Waals surface area contributed by atoms with Gasteiger partial charge >= 0.3 is 12.1 Å². The maximum atomic E-state index is 12.2. The number of ether oxygens (including phenoxy) is 2. The summed E-state index contributed by atoms with van der Waals surface area (Å²) in [5, 5.41) is 0. The van der Waals surface area contributed by atoms with Crippen molar-refractivity contribution in [3.05, 3.63) is 12.2 Å². The third kappa shape index (κ3) is 2.91. The molecule has 3 rings (SSSR count). The Balaban J connectivity index is 2.13. The second kappa shape index (κ2) is 4.87. The maximum Gasteiger partial charge on any atom is 0.410 e. The molecule has 0 aromatic heterocycles. The molecule has 19 heavy (non-hydrogen) atoms. The Bertz CT molecular complexity index is 410. The van der Waals surface area contributed by atoms with Gasteiger partial charge in [-0.05, 0) is 33.1 Å². The molecule has 5 nitrogen and oxygen atoms in total. The van der Waals surface area contributed by atoms with E-state index in [2.05, 4.69) is 6.08 Å². The number of methoxy groups -OCH3 is 1. The van der Waals surface area contributed by atoms with Crippen LogP contribution in [0.5, 0.6) is 0 Å². The van der Waals surface area contributed by atoms with Gasteiger partial charge in [0.25, 0.3) is 0 Å². The van der Waals surface area contributed by atoms with E-state index < -0.39 is 5.60 Å². The molecule has 5 heteroatoms. The molecule has 0 saturated carbocycles. The van der Waals surface area contributed by atoms with E-state index in [1.807, 2.05) is 26.8 Å². The maximum absolute atomic E-state index is 12.2. The molecule has 106 valence electrons. The van der Waals surface area contributed by atoms with E-state index in [0.29, 0.717) is 6.54 Å². The molecule has 3 atom stereocenters. The topological polar surface area (TPSA) is 55.8 Å². The van der Waals surface area contributed by atoms with Crippen molar-refractivity contribution in [2.24, 2.45) is 11.8 Å². The normalized spacial score (nSPS) is 29.3. The first kappa shape index (κ1) is 13.9. The summed E-state index contributed by atoms with van der Waals surface area (Å²) in [6, 6.07) is -0.243. The summed E-state index contributed by atoms with van der Waals surface area (Å²) in [6.45, 7) is 6.12. The van der Waals surface area contributed by atoms with Gasteiger partial charge in [0.05, 0.1) is 19.1 Å². The first-order valence-corrected chi connectivity index (χ1v) is 6.57. The number of amides is 1. The van der Waals surface area contributed by atoms with Crippen LogP contribution in [-0.4, -0.2) is 42.3 Å². The lowest BCUT2D eigenvalue weighted by atomic mass is 9.78. The van der Waals surface area contributed by atoms with Crippen molar-refractivity contribution < 1.29 is 19.1 Å². The first-order valence-electron chi connectivity index (χ1n) is 6.57. The van der Waals surface area contributed by atoms with Crippen molar-refractivity contribution in [2.75, 3.05) is 13.7 Å². The Morgan fingerprint density at radius 2 is 1.95 bits per heavy atom. The predicted octanol–water partition coefficient (Wildman–Crippen LogP) is 1.97. The van der Waals surface area contributed by atoms with Gasteiger partial charge in [-0.3, -0.25) is 4.79 Å². The van der Waals surface area contributed by atoms with Crippen LogP contribution in [0.3, 0.4) is 0 Å². The molecule has 0 N–H and O–H groups in total. The van der Waals surface area contributed by atoms with Crippen molar-refractivity contribution in [1.29, 1.82) is 0 Å². The Morgan fingerprint density at radius 1 is 1.26 bits per heavy atom. The van der Waals surface area contributed by atoms with Gasteiger partial charge in [-0.2, -0.15) is 0 Å². The number of piperidine rings is 1. The van der Waals surface area contributed by atoms with E-state index in [9.17, 15) is 9.59 Å². The Morgan fingerprint density at radius 3 is 2.47 bits per heavy atom. The molecule has 3 aliphatic rings. The highest BCUT2D eigenvalue weighted by molar-refractivity contribution is 5.77. The Labute approximate surface area is 113 Å². The van der Waals surface area contributed by atoms with Crippen LogP contribution in [0.2, 0.25) is 0 Å². The molecule has 1 aliphatic carbocycles. The quantitative estimate of drug-likeness (QED) is 0.538. The summed E-state index contributed by atoms with van der Waals surface area (Å²) >= 11 is 0. The summed E-state index contributed by atoms with van der Waals surface area (Å²) in [4.78, 5) is 25.6. The smallest absolute Gasteiger partial charge is 0.410 e. The van der Waals surface area contributed by atoms with Crippen molar-refractivity contribution in [2.45, 2.75) is 38.8 Å². The van der Waals surface area contributed by atoms with Crippen LogP contribution in [0.25, 0.3) is 0 Å². The van der Waals surface area contributed by atoms with Crippen LogP contribution in [0.4, 0.5) is 4.79 Å². The average molecular weight is 267 g/mol. The van der Waals surface area contributed by atoms with Crippen LogP contribution in [0.15, 0.2) is 12.2 Å². The zero-order chi connectivity index (χ0) is 14.2. The fraction of sp³-hybridized carbons (Fsp3) is 0.714. The molecule has 1 amide bonds. The molecule has 0 aromatic carbocycles. The summed E-state index contributed by atoms with van der Waals surface area (Å²) in [6.07, 6.45) is 4.38. The van der Waals surface area contributed by atoms with Crippen LogP contribution >= 0.6 is 0 Å².